The predicted molar refractivity (Wildman–Crippen MR) is 130 cm³/mol. The number of nitrogens with zero attached hydrogens (tertiary/aromatic N) is 1. The maximum Gasteiger partial charge on any atom is 0.343 e. The van der Waals surface area contributed by atoms with Crippen LogP contribution in [0, 0.1) is 10.5 Å². The highest BCUT2D eigenvalue weighted by atomic mass is 127. The molecule has 3 aromatic rings. The lowest BCUT2D eigenvalue weighted by atomic mass is 10.1. The van der Waals surface area contributed by atoms with Crippen molar-refractivity contribution in [1.29, 1.82) is 0 Å². The average molecular weight is 541 g/mol. The van der Waals surface area contributed by atoms with Crippen LogP contribution in [0.4, 0.5) is 0 Å². The Bertz CT molecular complexity index is 1140. The summed E-state index contributed by atoms with van der Waals surface area (Å²) in [7, 11) is 0. The van der Waals surface area contributed by atoms with Gasteiger partial charge in [0.15, 0.2) is 0 Å². The van der Waals surface area contributed by atoms with Crippen molar-refractivity contribution in [2.24, 2.45) is 5.10 Å². The second kappa shape index (κ2) is 11.2. The highest BCUT2D eigenvalue weighted by molar-refractivity contribution is 14.1. The molecule has 162 valence electrons. The number of hydrazone groups is 1. The molecule has 0 radical (unpaired) electrons. The molecule has 0 aliphatic rings. The summed E-state index contributed by atoms with van der Waals surface area (Å²) in [4.78, 5) is 36.1. The lowest BCUT2D eigenvalue weighted by Gasteiger charge is -2.06. The molecule has 3 rings (SSSR count). The van der Waals surface area contributed by atoms with Crippen LogP contribution in [-0.4, -0.2) is 30.5 Å². The van der Waals surface area contributed by atoms with Gasteiger partial charge in [-0.3, -0.25) is 9.59 Å². The lowest BCUT2D eigenvalue weighted by Crippen LogP contribution is -2.35. The molecule has 0 aliphatic heterocycles. The van der Waals surface area contributed by atoms with Crippen molar-refractivity contribution in [1.82, 2.24) is 10.7 Å². The molecule has 0 spiro atoms. The number of nitrogens with one attached hydrogen (secondary N) is 2. The molecule has 7 nitrogen and oxygen atoms in total. The number of esters is 1. The Morgan fingerprint density at radius 3 is 2.34 bits per heavy atom. The molecule has 0 saturated carbocycles. The minimum atomic E-state index is -0.454. The molecule has 32 heavy (non-hydrogen) atoms. The summed E-state index contributed by atoms with van der Waals surface area (Å²) in [6, 6.07) is 20.9. The predicted octanol–water partition coefficient (Wildman–Crippen LogP) is 3.70. The molecule has 0 aromatic heterocycles. The van der Waals surface area contributed by atoms with Crippen LogP contribution in [-0.2, 0) is 4.79 Å². The molecule has 0 bridgehead atoms. The number of rotatable bonds is 7. The first-order valence-corrected chi connectivity index (χ1v) is 10.7. The van der Waals surface area contributed by atoms with Gasteiger partial charge in [-0.1, -0.05) is 29.8 Å². The van der Waals surface area contributed by atoms with Crippen molar-refractivity contribution in [2.75, 3.05) is 6.54 Å². The Morgan fingerprint density at radius 2 is 1.66 bits per heavy atom. The zero-order valence-electron chi connectivity index (χ0n) is 17.2. The van der Waals surface area contributed by atoms with Crippen LogP contribution in [0.25, 0.3) is 0 Å². The summed E-state index contributed by atoms with van der Waals surface area (Å²) in [6.07, 6.45) is 1.45. The third-order valence-corrected chi connectivity index (χ3v) is 5.25. The first-order valence-electron chi connectivity index (χ1n) is 9.66. The van der Waals surface area contributed by atoms with Crippen molar-refractivity contribution < 1.29 is 19.1 Å². The van der Waals surface area contributed by atoms with Crippen LogP contribution >= 0.6 is 22.6 Å². The summed E-state index contributed by atoms with van der Waals surface area (Å²) >= 11 is 2.06. The largest absolute Gasteiger partial charge is 0.423 e. The van der Waals surface area contributed by atoms with E-state index in [1.165, 1.54) is 6.21 Å². The van der Waals surface area contributed by atoms with E-state index in [9.17, 15) is 14.4 Å². The number of halogens is 1. The van der Waals surface area contributed by atoms with Crippen molar-refractivity contribution >= 4 is 46.6 Å². The summed E-state index contributed by atoms with van der Waals surface area (Å²) in [5.74, 6) is -0.824. The number of benzene rings is 3. The highest BCUT2D eigenvalue weighted by Crippen LogP contribution is 2.14. The van der Waals surface area contributed by atoms with Crippen molar-refractivity contribution in [3.8, 4) is 5.75 Å². The van der Waals surface area contributed by atoms with Crippen molar-refractivity contribution in [2.45, 2.75) is 6.92 Å². The topological polar surface area (TPSA) is 96.9 Å². The Kier molecular flexibility index (Phi) is 8.09. The Labute approximate surface area is 199 Å². The van der Waals surface area contributed by atoms with Gasteiger partial charge in [0.2, 0.25) is 0 Å². The second-order valence-corrected chi connectivity index (χ2v) is 7.94. The van der Waals surface area contributed by atoms with Gasteiger partial charge >= 0.3 is 5.97 Å². The molecule has 2 N–H and O–H groups in total. The summed E-state index contributed by atoms with van der Waals surface area (Å²) in [6.45, 7) is 1.74. The lowest BCUT2D eigenvalue weighted by molar-refractivity contribution is -0.120. The smallest absolute Gasteiger partial charge is 0.343 e. The molecule has 0 unspecified atom stereocenters. The summed E-state index contributed by atoms with van der Waals surface area (Å²) in [5.41, 5.74) is 5.09. The fraction of sp³-hybridized carbons (Fsp3) is 0.0833. The van der Waals surface area contributed by atoms with E-state index >= 15 is 0 Å². The van der Waals surface area contributed by atoms with Gasteiger partial charge in [-0.15, -0.1) is 0 Å². The van der Waals surface area contributed by atoms with Gasteiger partial charge in [0, 0.05) is 3.57 Å². The van der Waals surface area contributed by atoms with E-state index in [4.69, 9.17) is 4.74 Å². The van der Waals surface area contributed by atoms with Crippen LogP contribution in [0.2, 0.25) is 0 Å². The van der Waals surface area contributed by atoms with Crippen molar-refractivity contribution in [3.05, 3.63) is 98.6 Å². The zero-order chi connectivity index (χ0) is 22.9. The summed E-state index contributed by atoms with van der Waals surface area (Å²) in [5, 5.41) is 6.42. The van der Waals surface area contributed by atoms with E-state index in [-0.39, 0.29) is 12.5 Å². The van der Waals surface area contributed by atoms with Gasteiger partial charge in [0.1, 0.15) is 5.75 Å². The van der Waals surface area contributed by atoms with Gasteiger partial charge in [0.05, 0.1) is 23.9 Å². The van der Waals surface area contributed by atoms with Gasteiger partial charge in [-0.2, -0.15) is 5.10 Å². The standard InChI is InChI=1S/C24H20IN3O4/c1-16-6-10-18(11-7-16)24(31)32-19-12-8-17(9-13-19)14-27-28-22(29)15-26-23(30)20-4-2-3-5-21(20)25/h2-14H,15H2,1H3,(H,26,30)(H,28,29)/b27-14-. The number of carbonyl (C=O) groups excluding carboxylic acids is 3. The van der Waals surface area contributed by atoms with Crippen LogP contribution in [0.1, 0.15) is 31.8 Å². The van der Waals surface area contributed by atoms with E-state index in [1.54, 1.807) is 48.5 Å². The fourth-order valence-corrected chi connectivity index (χ4v) is 3.23. The number of aryl methyl sites for hydroxylation is 1. The van der Waals surface area contributed by atoms with Gasteiger partial charge in [0.25, 0.3) is 11.8 Å². The molecule has 3 aromatic carbocycles. The molecule has 2 amide bonds. The highest BCUT2D eigenvalue weighted by Gasteiger charge is 2.10. The number of ether oxygens (including phenoxy) is 1. The molecule has 0 aliphatic carbocycles. The molecule has 0 fully saturated rings. The molecule has 0 heterocycles. The first-order chi connectivity index (χ1) is 15.4. The normalized spacial score (nSPS) is 10.6. The van der Waals surface area contributed by atoms with E-state index in [1.807, 2.05) is 31.2 Å². The minimum Gasteiger partial charge on any atom is -0.423 e. The van der Waals surface area contributed by atoms with Gasteiger partial charge in [-0.05, 0) is 83.6 Å². The molecule has 8 heteroatoms. The minimum absolute atomic E-state index is 0.199. The van der Waals surface area contributed by atoms with E-state index < -0.39 is 11.9 Å². The van der Waals surface area contributed by atoms with Gasteiger partial charge in [-0.25, -0.2) is 10.2 Å². The first kappa shape index (κ1) is 23.1. The Morgan fingerprint density at radius 1 is 0.969 bits per heavy atom. The van der Waals surface area contributed by atoms with E-state index in [0.717, 1.165) is 9.13 Å². The van der Waals surface area contributed by atoms with Crippen LogP contribution in [0.3, 0.4) is 0 Å². The Hall–Kier alpha value is -3.53. The summed E-state index contributed by atoms with van der Waals surface area (Å²) < 4.78 is 6.14. The van der Waals surface area contributed by atoms with Crippen LogP contribution in [0.5, 0.6) is 5.75 Å². The average Bonchev–Trinajstić information content (AvgIpc) is 2.79. The SMILES string of the molecule is Cc1ccc(C(=O)Oc2ccc(/C=N\NC(=O)CNC(=O)c3ccccc3I)cc2)cc1. The van der Waals surface area contributed by atoms with Crippen LogP contribution < -0.4 is 15.5 Å². The van der Waals surface area contributed by atoms with Crippen LogP contribution in [0.15, 0.2) is 77.9 Å². The molecular formula is C24H20IN3O4. The number of hydrogen-bond acceptors (Lipinski definition) is 5. The molecule has 0 saturated heterocycles. The quantitative estimate of drug-likeness (QED) is 0.157. The number of amides is 2. The monoisotopic (exact) mass is 541 g/mol. The zero-order valence-corrected chi connectivity index (χ0v) is 19.3. The second-order valence-electron chi connectivity index (χ2n) is 6.78. The number of hydrogen-bond donors (Lipinski definition) is 2. The molecular weight excluding hydrogens is 521 g/mol. The number of carbonyl (C=O) groups is 3. The maximum absolute atomic E-state index is 12.1. The molecule has 0 atom stereocenters. The van der Waals surface area contributed by atoms with Crippen molar-refractivity contribution in [3.63, 3.8) is 0 Å². The fourth-order valence-electron chi connectivity index (χ4n) is 2.60. The van der Waals surface area contributed by atoms with E-state index in [0.29, 0.717) is 22.4 Å². The van der Waals surface area contributed by atoms with Gasteiger partial charge < -0.3 is 10.1 Å². The Balaban J connectivity index is 1.45. The van der Waals surface area contributed by atoms with E-state index in [2.05, 4.69) is 38.4 Å². The third kappa shape index (κ3) is 6.74. The maximum atomic E-state index is 12.1. The third-order valence-electron chi connectivity index (χ3n) is 4.31.